The fourth-order valence-corrected chi connectivity index (χ4v) is 3.84. The van der Waals surface area contributed by atoms with Gasteiger partial charge >= 0.3 is 0 Å². The normalized spacial score (nSPS) is 15.7. The lowest BCUT2D eigenvalue weighted by molar-refractivity contribution is 0.247. The van der Waals surface area contributed by atoms with Crippen LogP contribution in [0.15, 0.2) is 55.1 Å². The van der Waals surface area contributed by atoms with Crippen LogP contribution in [0.5, 0.6) is 0 Å². The third kappa shape index (κ3) is 3.22. The molecule has 1 saturated heterocycles. The summed E-state index contributed by atoms with van der Waals surface area (Å²) in [4.78, 5) is 18.4. The average Bonchev–Trinajstić information content (AvgIpc) is 3.10. The Labute approximate surface area is 162 Å². The van der Waals surface area contributed by atoms with Crippen LogP contribution >= 0.6 is 11.6 Å². The molecule has 0 atom stereocenters. The highest BCUT2D eigenvalue weighted by atomic mass is 35.5. The molecule has 6 nitrogen and oxygen atoms in total. The summed E-state index contributed by atoms with van der Waals surface area (Å²) in [7, 11) is 0. The number of nitrogens with zero attached hydrogens (tertiary/aromatic N) is 6. The molecule has 4 heterocycles. The van der Waals surface area contributed by atoms with Gasteiger partial charge in [0.2, 0.25) is 0 Å². The molecule has 0 saturated carbocycles. The molecule has 1 aliphatic heterocycles. The molecular formula is C20H19ClN6. The second kappa shape index (κ2) is 6.79. The average molecular weight is 379 g/mol. The molecular weight excluding hydrogens is 360 g/mol. The molecule has 1 fully saturated rings. The number of rotatable bonds is 3. The maximum Gasteiger partial charge on any atom is 0.139 e. The first kappa shape index (κ1) is 16.5. The summed E-state index contributed by atoms with van der Waals surface area (Å²) in [5, 5.41) is 1.75. The molecule has 27 heavy (non-hydrogen) atoms. The van der Waals surface area contributed by atoms with E-state index in [1.54, 1.807) is 6.33 Å². The Kier molecular flexibility index (Phi) is 4.14. The number of hydrogen-bond acceptors (Lipinski definition) is 5. The predicted molar refractivity (Wildman–Crippen MR) is 107 cm³/mol. The monoisotopic (exact) mass is 378 g/mol. The Hall–Kier alpha value is -2.70. The Morgan fingerprint density at radius 3 is 2.74 bits per heavy atom. The van der Waals surface area contributed by atoms with E-state index in [2.05, 4.69) is 30.4 Å². The van der Waals surface area contributed by atoms with Gasteiger partial charge < -0.3 is 9.30 Å². The van der Waals surface area contributed by atoms with Crippen LogP contribution < -0.4 is 4.90 Å². The number of imidazole rings is 1. The van der Waals surface area contributed by atoms with Gasteiger partial charge in [0.1, 0.15) is 17.8 Å². The number of fused-ring (bicyclic) bond motifs is 2. The van der Waals surface area contributed by atoms with Crippen LogP contribution in [0.3, 0.4) is 0 Å². The first-order valence-corrected chi connectivity index (χ1v) is 9.44. The van der Waals surface area contributed by atoms with Gasteiger partial charge in [0.25, 0.3) is 0 Å². The lowest BCUT2D eigenvalue weighted by Gasteiger charge is -2.35. The van der Waals surface area contributed by atoms with Gasteiger partial charge in [0, 0.05) is 55.5 Å². The Balaban J connectivity index is 1.30. The minimum Gasteiger partial charge on any atom is -0.353 e. The smallest absolute Gasteiger partial charge is 0.139 e. The summed E-state index contributed by atoms with van der Waals surface area (Å²) in [5.41, 5.74) is 2.99. The van der Waals surface area contributed by atoms with Crippen molar-refractivity contribution in [2.24, 2.45) is 0 Å². The molecule has 4 aromatic rings. The summed E-state index contributed by atoms with van der Waals surface area (Å²) in [5.74, 6) is 0.990. The lowest BCUT2D eigenvalue weighted by atomic mass is 10.2. The molecule has 5 rings (SSSR count). The SMILES string of the molecule is Clc1ccc2c(N3CCN(Cc4cn5ccccc5n4)CC3)ncnc2c1. The second-order valence-electron chi connectivity index (χ2n) is 6.82. The van der Waals surface area contributed by atoms with Gasteiger partial charge in [0.05, 0.1) is 11.2 Å². The molecule has 3 aromatic heterocycles. The zero-order chi connectivity index (χ0) is 18.2. The Morgan fingerprint density at radius 1 is 1.00 bits per heavy atom. The van der Waals surface area contributed by atoms with Crippen molar-refractivity contribution < 1.29 is 0 Å². The second-order valence-corrected chi connectivity index (χ2v) is 7.26. The first-order chi connectivity index (χ1) is 13.3. The van der Waals surface area contributed by atoms with Gasteiger partial charge in [-0.2, -0.15) is 0 Å². The maximum absolute atomic E-state index is 6.09. The topological polar surface area (TPSA) is 49.6 Å². The number of aromatic nitrogens is 4. The third-order valence-electron chi connectivity index (χ3n) is 5.05. The van der Waals surface area contributed by atoms with Gasteiger partial charge in [-0.3, -0.25) is 4.90 Å². The van der Waals surface area contributed by atoms with Crippen LogP contribution in [0.1, 0.15) is 5.69 Å². The summed E-state index contributed by atoms with van der Waals surface area (Å²) in [6.45, 7) is 4.69. The highest BCUT2D eigenvalue weighted by Gasteiger charge is 2.20. The van der Waals surface area contributed by atoms with Crippen molar-refractivity contribution in [1.82, 2.24) is 24.3 Å². The van der Waals surface area contributed by atoms with Crippen molar-refractivity contribution in [3.63, 3.8) is 0 Å². The minimum absolute atomic E-state index is 0.699. The quantitative estimate of drug-likeness (QED) is 0.547. The Bertz CT molecular complexity index is 1070. The zero-order valence-electron chi connectivity index (χ0n) is 14.8. The number of anilines is 1. The van der Waals surface area contributed by atoms with E-state index in [1.165, 1.54) is 0 Å². The van der Waals surface area contributed by atoms with Crippen molar-refractivity contribution in [2.45, 2.75) is 6.54 Å². The largest absolute Gasteiger partial charge is 0.353 e. The number of piperazine rings is 1. The number of halogens is 1. The highest BCUT2D eigenvalue weighted by Crippen LogP contribution is 2.26. The molecule has 0 N–H and O–H groups in total. The molecule has 0 aliphatic carbocycles. The zero-order valence-corrected chi connectivity index (χ0v) is 15.5. The minimum atomic E-state index is 0.699. The number of pyridine rings is 1. The molecule has 0 bridgehead atoms. The van der Waals surface area contributed by atoms with E-state index in [9.17, 15) is 0 Å². The van der Waals surface area contributed by atoms with Crippen molar-refractivity contribution in [1.29, 1.82) is 0 Å². The van der Waals surface area contributed by atoms with Gasteiger partial charge in [-0.05, 0) is 30.3 Å². The van der Waals surface area contributed by atoms with Crippen LogP contribution in [0.25, 0.3) is 16.6 Å². The van der Waals surface area contributed by atoms with Crippen molar-refractivity contribution >= 4 is 34.0 Å². The molecule has 0 amide bonds. The standard InChI is InChI=1S/C20H19ClN6/c21-15-4-5-17-18(11-15)22-14-23-20(17)26-9-7-25(8-10-26)12-16-13-27-6-2-1-3-19(27)24-16/h1-6,11,13-14H,7-10,12H2. The summed E-state index contributed by atoms with van der Waals surface area (Å²) in [6.07, 6.45) is 5.77. The molecule has 7 heteroatoms. The van der Waals surface area contributed by atoms with Crippen LogP contribution in [-0.2, 0) is 6.54 Å². The molecule has 0 unspecified atom stereocenters. The van der Waals surface area contributed by atoms with E-state index in [0.717, 1.165) is 60.8 Å². The summed E-state index contributed by atoms with van der Waals surface area (Å²) in [6, 6.07) is 11.9. The van der Waals surface area contributed by atoms with Gasteiger partial charge in [-0.25, -0.2) is 15.0 Å². The predicted octanol–water partition coefficient (Wildman–Crippen LogP) is 3.25. The van der Waals surface area contributed by atoms with E-state index in [1.807, 2.05) is 42.6 Å². The van der Waals surface area contributed by atoms with E-state index < -0.39 is 0 Å². The van der Waals surface area contributed by atoms with Crippen molar-refractivity contribution in [3.8, 4) is 0 Å². The van der Waals surface area contributed by atoms with Gasteiger partial charge in [0.15, 0.2) is 0 Å². The van der Waals surface area contributed by atoms with Crippen LogP contribution in [0.2, 0.25) is 5.02 Å². The fraction of sp³-hybridized carbons (Fsp3) is 0.250. The van der Waals surface area contributed by atoms with E-state index in [-0.39, 0.29) is 0 Å². The lowest BCUT2D eigenvalue weighted by Crippen LogP contribution is -2.46. The molecule has 0 radical (unpaired) electrons. The first-order valence-electron chi connectivity index (χ1n) is 9.06. The third-order valence-corrected chi connectivity index (χ3v) is 5.28. The molecule has 1 aliphatic rings. The van der Waals surface area contributed by atoms with Crippen LogP contribution in [0, 0.1) is 0 Å². The van der Waals surface area contributed by atoms with Crippen LogP contribution in [0.4, 0.5) is 5.82 Å². The van der Waals surface area contributed by atoms with E-state index >= 15 is 0 Å². The maximum atomic E-state index is 6.09. The number of benzene rings is 1. The van der Waals surface area contributed by atoms with Crippen molar-refractivity contribution in [3.05, 3.63) is 65.8 Å². The molecule has 0 spiro atoms. The van der Waals surface area contributed by atoms with E-state index in [4.69, 9.17) is 16.6 Å². The summed E-state index contributed by atoms with van der Waals surface area (Å²) < 4.78 is 2.07. The highest BCUT2D eigenvalue weighted by molar-refractivity contribution is 6.31. The number of hydrogen-bond donors (Lipinski definition) is 0. The summed E-state index contributed by atoms with van der Waals surface area (Å²) >= 11 is 6.09. The molecule has 136 valence electrons. The molecule has 1 aromatic carbocycles. The van der Waals surface area contributed by atoms with Crippen LogP contribution in [-0.4, -0.2) is 50.4 Å². The Morgan fingerprint density at radius 2 is 1.89 bits per heavy atom. The van der Waals surface area contributed by atoms with Gasteiger partial charge in [-0.15, -0.1) is 0 Å². The van der Waals surface area contributed by atoms with E-state index in [0.29, 0.717) is 5.02 Å². The van der Waals surface area contributed by atoms with Crippen molar-refractivity contribution in [2.75, 3.05) is 31.1 Å². The fourth-order valence-electron chi connectivity index (χ4n) is 3.68. The van der Waals surface area contributed by atoms with Gasteiger partial charge in [-0.1, -0.05) is 17.7 Å².